The van der Waals surface area contributed by atoms with Crippen molar-refractivity contribution < 1.29 is 14.3 Å². The van der Waals surface area contributed by atoms with Crippen molar-refractivity contribution >= 4 is 29.7 Å². The summed E-state index contributed by atoms with van der Waals surface area (Å²) in [6.07, 6.45) is 1.49. The first kappa shape index (κ1) is 15.7. The smallest absolute Gasteiger partial charge is 0.345 e. The Bertz CT molecular complexity index is 712. The lowest BCUT2D eigenvalue weighted by Gasteiger charge is -2.05. The molecule has 6 heteroatoms. The van der Waals surface area contributed by atoms with Gasteiger partial charge in [-0.3, -0.25) is 4.79 Å². The molecule has 0 bridgehead atoms. The Morgan fingerprint density at radius 3 is 2.45 bits per heavy atom. The van der Waals surface area contributed by atoms with Crippen LogP contribution in [-0.2, 0) is 4.79 Å². The zero-order chi connectivity index (χ0) is 15.9. The Morgan fingerprint density at radius 1 is 1.14 bits per heavy atom. The molecule has 0 saturated heterocycles. The summed E-state index contributed by atoms with van der Waals surface area (Å²) in [5.74, 6) is -0.381. The Kier molecular flexibility index (Phi) is 5.27. The maximum Gasteiger partial charge on any atom is 0.345 e. The van der Waals surface area contributed by atoms with Gasteiger partial charge in [0.25, 0.3) is 0 Å². The molecule has 0 unspecified atom stereocenters. The second-order valence-electron chi connectivity index (χ2n) is 4.36. The molecule has 0 aliphatic carbocycles. The van der Waals surface area contributed by atoms with Crippen LogP contribution in [0.2, 0.25) is 5.02 Å². The number of amides is 1. The third kappa shape index (κ3) is 4.43. The topological polar surface area (TPSA) is 67.8 Å². The number of hydrogen-bond donors (Lipinski definition) is 1. The molecule has 0 aliphatic heterocycles. The van der Waals surface area contributed by atoms with E-state index in [1.165, 1.54) is 13.1 Å². The zero-order valence-electron chi connectivity index (χ0n) is 11.7. The summed E-state index contributed by atoms with van der Waals surface area (Å²) in [6, 6.07) is 13.3. The molecule has 0 spiro atoms. The first-order chi connectivity index (χ1) is 10.6. The van der Waals surface area contributed by atoms with Crippen molar-refractivity contribution in [1.29, 1.82) is 0 Å². The number of hydrogen-bond acceptors (Lipinski definition) is 4. The van der Waals surface area contributed by atoms with Gasteiger partial charge in [-0.05, 0) is 42.0 Å². The second-order valence-corrected chi connectivity index (χ2v) is 4.77. The van der Waals surface area contributed by atoms with Crippen LogP contribution in [0.25, 0.3) is 0 Å². The first-order valence-electron chi connectivity index (χ1n) is 6.42. The highest BCUT2D eigenvalue weighted by molar-refractivity contribution is 6.33. The maximum atomic E-state index is 12.0. The summed E-state index contributed by atoms with van der Waals surface area (Å²) >= 11 is 5.94. The zero-order valence-corrected chi connectivity index (χ0v) is 12.5. The number of nitrogens with zero attached hydrogens (tertiary/aromatic N) is 1. The normalized spacial score (nSPS) is 10.5. The molecule has 0 heterocycles. The lowest BCUT2D eigenvalue weighted by atomic mass is 10.2. The molecule has 2 aromatic rings. The van der Waals surface area contributed by atoms with Crippen molar-refractivity contribution in [2.45, 2.75) is 6.92 Å². The van der Waals surface area contributed by atoms with Gasteiger partial charge in [0.1, 0.15) is 5.75 Å². The van der Waals surface area contributed by atoms with E-state index in [1.54, 1.807) is 48.5 Å². The minimum atomic E-state index is -0.523. The largest absolute Gasteiger partial charge is 0.423 e. The number of ether oxygens (including phenoxy) is 1. The van der Waals surface area contributed by atoms with Crippen molar-refractivity contribution in [3.8, 4) is 5.75 Å². The van der Waals surface area contributed by atoms with E-state index in [4.69, 9.17) is 16.3 Å². The van der Waals surface area contributed by atoms with Crippen molar-refractivity contribution in [3.05, 3.63) is 64.7 Å². The molecule has 0 aliphatic rings. The van der Waals surface area contributed by atoms with E-state index in [0.29, 0.717) is 16.3 Å². The molecular weight excluding hydrogens is 304 g/mol. The Hall–Kier alpha value is -2.66. The quantitative estimate of drug-likeness (QED) is 0.408. The minimum absolute atomic E-state index is 0.249. The van der Waals surface area contributed by atoms with Crippen molar-refractivity contribution in [2.75, 3.05) is 0 Å². The van der Waals surface area contributed by atoms with Crippen molar-refractivity contribution in [2.24, 2.45) is 5.10 Å². The van der Waals surface area contributed by atoms with Gasteiger partial charge in [0.2, 0.25) is 5.91 Å². The fourth-order valence-corrected chi connectivity index (χ4v) is 1.82. The van der Waals surface area contributed by atoms with Crippen LogP contribution in [0.4, 0.5) is 0 Å². The van der Waals surface area contributed by atoms with Gasteiger partial charge >= 0.3 is 5.97 Å². The molecule has 2 aromatic carbocycles. The minimum Gasteiger partial charge on any atom is -0.423 e. The fourth-order valence-electron chi connectivity index (χ4n) is 1.61. The van der Waals surface area contributed by atoms with E-state index in [0.717, 1.165) is 5.56 Å². The Morgan fingerprint density at radius 2 is 1.82 bits per heavy atom. The average molecular weight is 317 g/mol. The number of nitrogens with one attached hydrogen (secondary N) is 1. The Labute approximate surface area is 132 Å². The van der Waals surface area contributed by atoms with E-state index < -0.39 is 5.97 Å². The van der Waals surface area contributed by atoms with E-state index in [2.05, 4.69) is 10.5 Å². The van der Waals surface area contributed by atoms with Gasteiger partial charge in [0, 0.05) is 6.92 Å². The lowest BCUT2D eigenvalue weighted by molar-refractivity contribution is -0.118. The van der Waals surface area contributed by atoms with E-state index >= 15 is 0 Å². The number of carbonyl (C=O) groups is 2. The van der Waals surface area contributed by atoms with E-state index in [1.807, 2.05) is 0 Å². The number of esters is 1. The van der Waals surface area contributed by atoms with Crippen molar-refractivity contribution in [3.63, 3.8) is 0 Å². The molecule has 22 heavy (non-hydrogen) atoms. The SMILES string of the molecule is CC(=O)N/N=C\c1ccc(OC(=O)c2ccccc2Cl)cc1. The highest BCUT2D eigenvalue weighted by Crippen LogP contribution is 2.18. The predicted octanol–water partition coefficient (Wildman–Crippen LogP) is 3.03. The summed E-state index contributed by atoms with van der Waals surface area (Å²) in [7, 11) is 0. The van der Waals surface area contributed by atoms with Gasteiger partial charge in [0.05, 0.1) is 16.8 Å². The molecule has 1 amide bonds. The molecule has 0 saturated carbocycles. The summed E-state index contributed by atoms with van der Waals surface area (Å²) in [4.78, 5) is 22.7. The monoisotopic (exact) mass is 316 g/mol. The second kappa shape index (κ2) is 7.38. The van der Waals surface area contributed by atoms with Crippen LogP contribution in [-0.4, -0.2) is 18.1 Å². The van der Waals surface area contributed by atoms with Crippen LogP contribution < -0.4 is 10.2 Å². The van der Waals surface area contributed by atoms with Crippen LogP contribution in [0.3, 0.4) is 0 Å². The van der Waals surface area contributed by atoms with E-state index in [-0.39, 0.29) is 5.91 Å². The number of hydrazone groups is 1. The van der Waals surface area contributed by atoms with Gasteiger partial charge in [-0.15, -0.1) is 0 Å². The third-order valence-electron chi connectivity index (χ3n) is 2.62. The maximum absolute atomic E-state index is 12.0. The van der Waals surface area contributed by atoms with Crippen LogP contribution in [0.1, 0.15) is 22.8 Å². The highest BCUT2D eigenvalue weighted by atomic mass is 35.5. The van der Waals surface area contributed by atoms with Crippen LogP contribution in [0, 0.1) is 0 Å². The molecule has 0 atom stereocenters. The molecule has 0 fully saturated rings. The van der Waals surface area contributed by atoms with Crippen molar-refractivity contribution in [1.82, 2.24) is 5.43 Å². The van der Waals surface area contributed by atoms with E-state index in [9.17, 15) is 9.59 Å². The highest BCUT2D eigenvalue weighted by Gasteiger charge is 2.11. The van der Waals surface area contributed by atoms with Gasteiger partial charge < -0.3 is 4.74 Å². The number of halogens is 1. The van der Waals surface area contributed by atoms with Gasteiger partial charge in [-0.2, -0.15) is 5.10 Å². The predicted molar refractivity (Wildman–Crippen MR) is 84.3 cm³/mol. The molecule has 112 valence electrons. The van der Waals surface area contributed by atoms with Gasteiger partial charge in [0.15, 0.2) is 0 Å². The summed E-state index contributed by atoms with van der Waals surface area (Å²) in [5, 5.41) is 4.08. The molecule has 2 rings (SSSR count). The first-order valence-corrected chi connectivity index (χ1v) is 6.80. The summed E-state index contributed by atoms with van der Waals surface area (Å²) in [5.41, 5.74) is 3.36. The third-order valence-corrected chi connectivity index (χ3v) is 2.95. The number of carbonyl (C=O) groups excluding carboxylic acids is 2. The summed E-state index contributed by atoms with van der Waals surface area (Å²) < 4.78 is 5.24. The number of rotatable bonds is 4. The molecular formula is C16H13ClN2O3. The van der Waals surface area contributed by atoms with Crippen LogP contribution in [0.15, 0.2) is 53.6 Å². The molecule has 1 N–H and O–H groups in total. The van der Waals surface area contributed by atoms with Crippen LogP contribution in [0.5, 0.6) is 5.75 Å². The van der Waals surface area contributed by atoms with Crippen LogP contribution >= 0.6 is 11.6 Å². The average Bonchev–Trinajstić information content (AvgIpc) is 2.49. The van der Waals surface area contributed by atoms with Gasteiger partial charge in [-0.25, -0.2) is 10.2 Å². The summed E-state index contributed by atoms with van der Waals surface area (Å²) in [6.45, 7) is 1.37. The molecule has 0 radical (unpaired) electrons. The fraction of sp³-hybridized carbons (Fsp3) is 0.0625. The molecule has 5 nitrogen and oxygen atoms in total. The molecule has 0 aromatic heterocycles. The lowest BCUT2D eigenvalue weighted by Crippen LogP contribution is -2.12. The van der Waals surface area contributed by atoms with Gasteiger partial charge in [-0.1, -0.05) is 23.7 Å². The standard InChI is InChI=1S/C16H13ClN2O3/c1-11(20)19-18-10-12-6-8-13(9-7-12)22-16(21)14-4-2-3-5-15(14)17/h2-10H,1H3,(H,19,20)/b18-10-. The number of benzene rings is 2. The Balaban J connectivity index is 2.02.